The third-order valence-electron chi connectivity index (χ3n) is 3.20. The zero-order valence-corrected chi connectivity index (χ0v) is 10.0. The summed E-state index contributed by atoms with van der Waals surface area (Å²) < 4.78 is 0. The molecule has 3 aromatic heterocycles. The standard InChI is InChI=1S/C15H10N4/c1-2-4-13-11(3-1)12-9-17-14(19-15(12)18-13)10-5-7-16-8-6-10/h1-9H,(H,17,18,19). The van der Waals surface area contributed by atoms with Crippen LogP contribution in [0.4, 0.5) is 0 Å². The van der Waals surface area contributed by atoms with Gasteiger partial charge >= 0.3 is 0 Å². The van der Waals surface area contributed by atoms with Crippen LogP contribution in [-0.4, -0.2) is 19.9 Å². The highest BCUT2D eigenvalue weighted by Crippen LogP contribution is 2.24. The largest absolute Gasteiger partial charge is 0.339 e. The highest BCUT2D eigenvalue weighted by molar-refractivity contribution is 6.05. The molecule has 0 aliphatic rings. The molecule has 1 aromatic carbocycles. The second-order valence-corrected chi connectivity index (χ2v) is 4.36. The van der Waals surface area contributed by atoms with Crippen LogP contribution in [0.3, 0.4) is 0 Å². The number of nitrogens with zero attached hydrogens (tertiary/aromatic N) is 3. The summed E-state index contributed by atoms with van der Waals surface area (Å²) in [6, 6.07) is 12.0. The predicted molar refractivity (Wildman–Crippen MR) is 74.6 cm³/mol. The van der Waals surface area contributed by atoms with Gasteiger partial charge in [0.05, 0.1) is 0 Å². The van der Waals surface area contributed by atoms with Crippen molar-refractivity contribution in [2.75, 3.05) is 0 Å². The Bertz CT molecular complexity index is 865. The van der Waals surface area contributed by atoms with E-state index in [1.807, 2.05) is 36.5 Å². The van der Waals surface area contributed by atoms with Crippen LogP contribution in [0.5, 0.6) is 0 Å². The van der Waals surface area contributed by atoms with E-state index < -0.39 is 0 Å². The smallest absolute Gasteiger partial charge is 0.161 e. The van der Waals surface area contributed by atoms with Crippen LogP contribution in [-0.2, 0) is 0 Å². The lowest BCUT2D eigenvalue weighted by Crippen LogP contribution is -1.89. The second-order valence-electron chi connectivity index (χ2n) is 4.36. The van der Waals surface area contributed by atoms with E-state index >= 15 is 0 Å². The molecular weight excluding hydrogens is 236 g/mol. The number of rotatable bonds is 1. The zero-order valence-electron chi connectivity index (χ0n) is 10.0. The molecule has 0 radical (unpaired) electrons. The molecule has 3 heterocycles. The average Bonchev–Trinajstić information content (AvgIpc) is 2.86. The quantitative estimate of drug-likeness (QED) is 0.561. The fourth-order valence-electron chi connectivity index (χ4n) is 2.27. The van der Waals surface area contributed by atoms with Crippen molar-refractivity contribution < 1.29 is 0 Å². The molecule has 0 fully saturated rings. The van der Waals surface area contributed by atoms with E-state index in [4.69, 9.17) is 0 Å². The SMILES string of the molecule is c1ccc2c(c1)[nH]c1nc(-c3ccncc3)ncc12. The Labute approximate surface area is 109 Å². The Hall–Kier alpha value is -2.75. The lowest BCUT2D eigenvalue weighted by atomic mass is 10.2. The van der Waals surface area contributed by atoms with E-state index in [-0.39, 0.29) is 0 Å². The number of hydrogen-bond donors (Lipinski definition) is 1. The number of fused-ring (bicyclic) bond motifs is 3. The molecule has 0 saturated carbocycles. The van der Waals surface area contributed by atoms with E-state index in [1.54, 1.807) is 12.4 Å². The van der Waals surface area contributed by atoms with Crippen molar-refractivity contribution in [2.24, 2.45) is 0 Å². The molecule has 1 N–H and O–H groups in total. The van der Waals surface area contributed by atoms with Crippen LogP contribution in [0.15, 0.2) is 55.0 Å². The van der Waals surface area contributed by atoms with Gasteiger partial charge in [0.2, 0.25) is 0 Å². The molecule has 90 valence electrons. The van der Waals surface area contributed by atoms with Crippen LogP contribution in [0.1, 0.15) is 0 Å². The average molecular weight is 246 g/mol. The molecule has 0 unspecified atom stereocenters. The minimum Gasteiger partial charge on any atom is -0.339 e. The fraction of sp³-hybridized carbons (Fsp3) is 0. The van der Waals surface area contributed by atoms with Gasteiger partial charge in [0.25, 0.3) is 0 Å². The molecule has 0 saturated heterocycles. The summed E-state index contributed by atoms with van der Waals surface area (Å²) in [6.07, 6.45) is 5.36. The predicted octanol–water partition coefficient (Wildman–Crippen LogP) is 3.17. The zero-order chi connectivity index (χ0) is 12.7. The third-order valence-corrected chi connectivity index (χ3v) is 3.20. The summed E-state index contributed by atoms with van der Waals surface area (Å²) in [5.74, 6) is 0.710. The van der Waals surface area contributed by atoms with Gasteiger partial charge in [0.1, 0.15) is 5.65 Å². The Balaban J connectivity index is 1.99. The van der Waals surface area contributed by atoms with Gasteiger partial charge in [-0.2, -0.15) is 0 Å². The minimum atomic E-state index is 0.710. The van der Waals surface area contributed by atoms with Crippen LogP contribution in [0.25, 0.3) is 33.3 Å². The molecule has 0 spiro atoms. The topological polar surface area (TPSA) is 54.5 Å². The van der Waals surface area contributed by atoms with Gasteiger partial charge in [-0.3, -0.25) is 4.98 Å². The third kappa shape index (κ3) is 1.57. The van der Waals surface area contributed by atoms with E-state index in [9.17, 15) is 0 Å². The maximum Gasteiger partial charge on any atom is 0.161 e. The van der Waals surface area contributed by atoms with Gasteiger partial charge in [0, 0.05) is 40.4 Å². The van der Waals surface area contributed by atoms with Gasteiger partial charge in [0.15, 0.2) is 5.82 Å². The summed E-state index contributed by atoms with van der Waals surface area (Å²) in [7, 11) is 0. The van der Waals surface area contributed by atoms with Crippen molar-refractivity contribution in [1.82, 2.24) is 19.9 Å². The highest BCUT2D eigenvalue weighted by Gasteiger charge is 2.07. The number of hydrogen-bond acceptors (Lipinski definition) is 3. The first-order chi connectivity index (χ1) is 9.42. The van der Waals surface area contributed by atoms with Gasteiger partial charge in [-0.1, -0.05) is 18.2 Å². The fourth-order valence-corrected chi connectivity index (χ4v) is 2.27. The maximum atomic E-state index is 4.59. The van der Waals surface area contributed by atoms with Crippen molar-refractivity contribution in [1.29, 1.82) is 0 Å². The summed E-state index contributed by atoms with van der Waals surface area (Å²) in [5.41, 5.74) is 2.91. The van der Waals surface area contributed by atoms with Crippen LogP contribution >= 0.6 is 0 Å². The Morgan fingerprint density at radius 1 is 0.895 bits per heavy atom. The summed E-state index contributed by atoms with van der Waals surface area (Å²) in [6.45, 7) is 0. The van der Waals surface area contributed by atoms with Gasteiger partial charge < -0.3 is 4.98 Å². The minimum absolute atomic E-state index is 0.710. The first-order valence-electron chi connectivity index (χ1n) is 6.06. The molecule has 0 atom stereocenters. The maximum absolute atomic E-state index is 4.59. The van der Waals surface area contributed by atoms with Crippen LogP contribution in [0, 0.1) is 0 Å². The summed E-state index contributed by atoms with van der Waals surface area (Å²) in [4.78, 5) is 16.4. The Kier molecular flexibility index (Phi) is 2.08. The number of nitrogens with one attached hydrogen (secondary N) is 1. The Morgan fingerprint density at radius 2 is 1.74 bits per heavy atom. The van der Waals surface area contributed by atoms with Crippen molar-refractivity contribution in [3.63, 3.8) is 0 Å². The van der Waals surface area contributed by atoms with Crippen molar-refractivity contribution in [3.05, 3.63) is 55.0 Å². The molecular formula is C15H10N4. The number of aromatic nitrogens is 4. The molecule has 4 aromatic rings. The second kappa shape index (κ2) is 3.88. The van der Waals surface area contributed by atoms with E-state index in [1.165, 1.54) is 0 Å². The van der Waals surface area contributed by atoms with Gasteiger partial charge in [-0.25, -0.2) is 9.97 Å². The monoisotopic (exact) mass is 246 g/mol. The number of aromatic amines is 1. The van der Waals surface area contributed by atoms with Crippen LogP contribution < -0.4 is 0 Å². The molecule has 4 nitrogen and oxygen atoms in total. The van der Waals surface area contributed by atoms with Crippen LogP contribution in [0.2, 0.25) is 0 Å². The van der Waals surface area contributed by atoms with E-state index in [0.29, 0.717) is 5.82 Å². The molecule has 0 bridgehead atoms. The summed E-state index contributed by atoms with van der Waals surface area (Å²) in [5, 5.41) is 2.20. The molecule has 4 rings (SSSR count). The highest BCUT2D eigenvalue weighted by atomic mass is 14.9. The van der Waals surface area contributed by atoms with Crippen molar-refractivity contribution in [3.8, 4) is 11.4 Å². The molecule has 0 amide bonds. The first-order valence-corrected chi connectivity index (χ1v) is 6.06. The lowest BCUT2D eigenvalue weighted by molar-refractivity contribution is 1.20. The normalized spacial score (nSPS) is 11.2. The molecule has 0 aliphatic carbocycles. The van der Waals surface area contributed by atoms with Crippen molar-refractivity contribution in [2.45, 2.75) is 0 Å². The Morgan fingerprint density at radius 3 is 2.63 bits per heavy atom. The number of para-hydroxylation sites is 1. The lowest BCUT2D eigenvalue weighted by Gasteiger charge is -1.98. The molecule has 4 heteroatoms. The van der Waals surface area contributed by atoms with Gasteiger partial charge in [-0.15, -0.1) is 0 Å². The van der Waals surface area contributed by atoms with E-state index in [2.05, 4.69) is 26.0 Å². The number of pyridine rings is 1. The van der Waals surface area contributed by atoms with Crippen molar-refractivity contribution >= 4 is 21.9 Å². The first kappa shape index (κ1) is 10.2. The number of H-pyrrole nitrogens is 1. The molecule has 0 aliphatic heterocycles. The van der Waals surface area contributed by atoms with Gasteiger partial charge in [-0.05, 0) is 18.2 Å². The number of benzene rings is 1. The summed E-state index contributed by atoms with van der Waals surface area (Å²) >= 11 is 0. The van der Waals surface area contributed by atoms with E-state index in [0.717, 1.165) is 27.5 Å². The molecule has 19 heavy (non-hydrogen) atoms.